The molecule has 0 aromatic heterocycles. The molecule has 1 heterocycles. The molecule has 0 aliphatic carbocycles. The Kier molecular flexibility index (Phi) is 7.41. The number of nitrogens with zero attached hydrogens (tertiary/aromatic N) is 3. The monoisotopic (exact) mass is 320 g/mol. The molecule has 8 heteroatoms. The van der Waals surface area contributed by atoms with Crippen molar-refractivity contribution in [1.29, 1.82) is 0 Å². The summed E-state index contributed by atoms with van der Waals surface area (Å²) in [6.07, 6.45) is 1.83. The third-order valence-corrected chi connectivity index (χ3v) is 5.71. The predicted octanol–water partition coefficient (Wildman–Crippen LogP) is -0.0462. The third-order valence-electron chi connectivity index (χ3n) is 4.02. The van der Waals surface area contributed by atoms with Crippen LogP contribution in [-0.2, 0) is 9.84 Å². The second kappa shape index (κ2) is 8.55. The number of oxime groups is 1. The van der Waals surface area contributed by atoms with Gasteiger partial charge in [0.1, 0.15) is 0 Å². The number of amidine groups is 1. The van der Waals surface area contributed by atoms with Crippen LogP contribution in [0.1, 0.15) is 26.7 Å². The van der Waals surface area contributed by atoms with E-state index < -0.39 is 9.84 Å². The lowest BCUT2D eigenvalue weighted by atomic mass is 10.1. The highest BCUT2D eigenvalue weighted by Crippen LogP contribution is 2.11. The molecule has 0 spiro atoms. The SMILES string of the molecule is CCCC(C(N)=NO)N1CCN(CCS(=O)(=O)CC)CC1. The normalized spacial score (nSPS) is 20.6. The third kappa shape index (κ3) is 5.80. The topological polar surface area (TPSA) is 99.2 Å². The van der Waals surface area contributed by atoms with Gasteiger partial charge in [0, 0.05) is 38.5 Å². The van der Waals surface area contributed by atoms with Crippen molar-refractivity contribution in [3.8, 4) is 0 Å². The summed E-state index contributed by atoms with van der Waals surface area (Å²) in [6, 6.07) is -0.0264. The molecule has 0 amide bonds. The molecule has 0 saturated carbocycles. The first-order chi connectivity index (χ1) is 9.93. The van der Waals surface area contributed by atoms with Crippen molar-refractivity contribution in [1.82, 2.24) is 9.80 Å². The Morgan fingerprint density at radius 1 is 1.29 bits per heavy atom. The molecule has 0 aromatic rings. The van der Waals surface area contributed by atoms with Gasteiger partial charge in [-0.05, 0) is 6.42 Å². The maximum Gasteiger partial charge on any atom is 0.156 e. The van der Waals surface area contributed by atoms with Gasteiger partial charge >= 0.3 is 0 Å². The average molecular weight is 320 g/mol. The quantitative estimate of drug-likeness (QED) is 0.282. The largest absolute Gasteiger partial charge is 0.409 e. The van der Waals surface area contributed by atoms with Gasteiger partial charge in [0.05, 0.1) is 11.8 Å². The highest BCUT2D eigenvalue weighted by Gasteiger charge is 2.26. The van der Waals surface area contributed by atoms with Gasteiger partial charge in [0.2, 0.25) is 0 Å². The molecule has 1 aliphatic heterocycles. The Hall–Kier alpha value is -0.860. The van der Waals surface area contributed by atoms with Crippen molar-refractivity contribution < 1.29 is 13.6 Å². The average Bonchev–Trinajstić information content (AvgIpc) is 2.50. The van der Waals surface area contributed by atoms with Crippen LogP contribution in [0, 0.1) is 0 Å². The first kappa shape index (κ1) is 18.2. The summed E-state index contributed by atoms with van der Waals surface area (Å²) in [5.41, 5.74) is 5.77. The first-order valence-electron chi connectivity index (χ1n) is 7.57. The van der Waals surface area contributed by atoms with Crippen molar-refractivity contribution in [2.75, 3.05) is 44.2 Å². The number of hydrogen-bond acceptors (Lipinski definition) is 6. The van der Waals surface area contributed by atoms with Gasteiger partial charge in [-0.15, -0.1) is 0 Å². The van der Waals surface area contributed by atoms with Gasteiger partial charge in [0.25, 0.3) is 0 Å². The molecular formula is C13H28N4O3S. The van der Waals surface area contributed by atoms with Gasteiger partial charge in [-0.3, -0.25) is 9.80 Å². The van der Waals surface area contributed by atoms with Crippen LogP contribution in [0.15, 0.2) is 5.16 Å². The van der Waals surface area contributed by atoms with Crippen LogP contribution in [0.3, 0.4) is 0 Å². The van der Waals surface area contributed by atoms with Crippen molar-refractivity contribution >= 4 is 15.7 Å². The Labute approximate surface area is 127 Å². The smallest absolute Gasteiger partial charge is 0.156 e. The van der Waals surface area contributed by atoms with E-state index in [1.165, 1.54) is 0 Å². The number of rotatable bonds is 8. The minimum Gasteiger partial charge on any atom is -0.409 e. The number of piperazine rings is 1. The van der Waals surface area contributed by atoms with E-state index in [1.54, 1.807) is 6.92 Å². The van der Waals surface area contributed by atoms with Gasteiger partial charge in [-0.1, -0.05) is 25.4 Å². The lowest BCUT2D eigenvalue weighted by Gasteiger charge is -2.38. The standard InChI is InChI=1S/C13H28N4O3S/c1-3-5-12(13(14)15-18)17-8-6-16(7-9-17)10-11-21(19,20)4-2/h12,18H,3-11H2,1-2H3,(H2,14,15). The molecule has 0 bridgehead atoms. The molecule has 3 N–H and O–H groups in total. The fourth-order valence-corrected chi connectivity index (χ4v) is 3.39. The molecule has 1 fully saturated rings. The lowest BCUT2D eigenvalue weighted by molar-refractivity contribution is 0.117. The van der Waals surface area contributed by atoms with E-state index in [-0.39, 0.29) is 23.4 Å². The van der Waals surface area contributed by atoms with Crippen molar-refractivity contribution in [3.63, 3.8) is 0 Å². The summed E-state index contributed by atoms with van der Waals surface area (Å²) in [5, 5.41) is 12.0. The van der Waals surface area contributed by atoms with Crippen LogP contribution in [0.25, 0.3) is 0 Å². The van der Waals surface area contributed by atoms with Gasteiger partial charge in [-0.2, -0.15) is 0 Å². The predicted molar refractivity (Wildman–Crippen MR) is 84.4 cm³/mol. The van der Waals surface area contributed by atoms with Crippen LogP contribution < -0.4 is 5.73 Å². The van der Waals surface area contributed by atoms with E-state index in [4.69, 9.17) is 10.9 Å². The fraction of sp³-hybridized carbons (Fsp3) is 0.923. The fourth-order valence-electron chi connectivity index (χ4n) is 2.57. The zero-order valence-corrected chi connectivity index (χ0v) is 13.8. The molecule has 1 atom stereocenters. The molecule has 1 aliphatic rings. The Bertz CT molecular complexity index is 431. The molecule has 21 heavy (non-hydrogen) atoms. The lowest BCUT2D eigenvalue weighted by Crippen LogP contribution is -2.54. The molecule has 124 valence electrons. The Balaban J connectivity index is 2.47. The summed E-state index contributed by atoms with van der Waals surface area (Å²) in [4.78, 5) is 4.38. The number of nitrogens with two attached hydrogens (primary N) is 1. The van der Waals surface area contributed by atoms with Gasteiger partial charge in [0.15, 0.2) is 15.7 Å². The minimum absolute atomic E-state index is 0.0264. The minimum atomic E-state index is -2.90. The number of sulfone groups is 1. The maximum absolute atomic E-state index is 11.5. The summed E-state index contributed by atoms with van der Waals surface area (Å²) >= 11 is 0. The van der Waals surface area contributed by atoms with Crippen molar-refractivity contribution in [3.05, 3.63) is 0 Å². The second-order valence-electron chi connectivity index (χ2n) is 5.44. The Morgan fingerprint density at radius 3 is 2.38 bits per heavy atom. The van der Waals surface area contributed by atoms with Gasteiger partial charge in [-0.25, -0.2) is 8.42 Å². The van der Waals surface area contributed by atoms with Gasteiger partial charge < -0.3 is 10.9 Å². The molecule has 1 unspecified atom stereocenters. The van der Waals surface area contributed by atoms with E-state index in [0.717, 1.165) is 39.0 Å². The molecule has 0 radical (unpaired) electrons. The molecule has 1 saturated heterocycles. The highest BCUT2D eigenvalue weighted by molar-refractivity contribution is 7.91. The maximum atomic E-state index is 11.5. The molecular weight excluding hydrogens is 292 g/mol. The van der Waals surface area contributed by atoms with E-state index in [2.05, 4.69) is 21.9 Å². The molecule has 0 aromatic carbocycles. The first-order valence-corrected chi connectivity index (χ1v) is 9.39. The van der Waals surface area contributed by atoms with Crippen LogP contribution in [0.2, 0.25) is 0 Å². The van der Waals surface area contributed by atoms with Crippen LogP contribution >= 0.6 is 0 Å². The highest BCUT2D eigenvalue weighted by atomic mass is 32.2. The summed E-state index contributed by atoms with van der Waals surface area (Å²) in [6.45, 7) is 7.60. The van der Waals surface area contributed by atoms with Crippen LogP contribution in [-0.4, -0.2) is 79.5 Å². The van der Waals surface area contributed by atoms with Crippen molar-refractivity contribution in [2.24, 2.45) is 10.9 Å². The van der Waals surface area contributed by atoms with E-state index in [9.17, 15) is 8.42 Å². The van der Waals surface area contributed by atoms with Crippen LogP contribution in [0.5, 0.6) is 0 Å². The summed E-state index contributed by atoms with van der Waals surface area (Å²) < 4.78 is 23.1. The molecule has 7 nitrogen and oxygen atoms in total. The van der Waals surface area contributed by atoms with E-state index >= 15 is 0 Å². The zero-order valence-electron chi connectivity index (χ0n) is 13.0. The second-order valence-corrected chi connectivity index (χ2v) is 7.92. The van der Waals surface area contributed by atoms with Crippen molar-refractivity contribution in [2.45, 2.75) is 32.7 Å². The summed E-state index contributed by atoms with van der Waals surface area (Å²) in [5.74, 6) is 0.691. The summed E-state index contributed by atoms with van der Waals surface area (Å²) in [7, 11) is -2.90. The molecule has 1 rings (SSSR count). The van der Waals surface area contributed by atoms with E-state index in [0.29, 0.717) is 6.54 Å². The zero-order chi connectivity index (χ0) is 15.9. The number of hydrogen-bond donors (Lipinski definition) is 2. The van der Waals surface area contributed by atoms with Crippen LogP contribution in [0.4, 0.5) is 0 Å². The van der Waals surface area contributed by atoms with E-state index in [1.807, 2.05) is 0 Å². The Morgan fingerprint density at radius 2 is 1.90 bits per heavy atom.